The maximum Gasteiger partial charge on any atom is 0.255 e. The van der Waals surface area contributed by atoms with Gasteiger partial charge in [-0.25, -0.2) is 0 Å². The number of para-hydroxylation sites is 1. The SMILES string of the molecule is Cc1cccc(C(=O)N(C)CC(=O)Nc2ccccc2Br)c1I. The molecule has 4 nitrogen and oxygen atoms in total. The van der Waals surface area contributed by atoms with Gasteiger partial charge in [0.05, 0.1) is 17.8 Å². The Morgan fingerprint density at radius 1 is 1.17 bits per heavy atom. The lowest BCUT2D eigenvalue weighted by molar-refractivity contribution is -0.116. The van der Waals surface area contributed by atoms with E-state index in [1.165, 1.54) is 4.90 Å². The summed E-state index contributed by atoms with van der Waals surface area (Å²) in [6.45, 7) is 1.95. The summed E-state index contributed by atoms with van der Waals surface area (Å²) in [6.07, 6.45) is 0. The second-order valence-electron chi connectivity index (χ2n) is 5.13. The molecule has 0 aliphatic carbocycles. The number of aryl methyl sites for hydroxylation is 1. The lowest BCUT2D eigenvalue weighted by Crippen LogP contribution is -2.35. The summed E-state index contributed by atoms with van der Waals surface area (Å²) in [5.74, 6) is -0.407. The van der Waals surface area contributed by atoms with Crippen molar-refractivity contribution in [3.8, 4) is 0 Å². The summed E-state index contributed by atoms with van der Waals surface area (Å²) >= 11 is 5.53. The maximum atomic E-state index is 12.5. The molecule has 23 heavy (non-hydrogen) atoms. The number of carbonyl (C=O) groups is 2. The molecule has 2 rings (SSSR count). The topological polar surface area (TPSA) is 49.4 Å². The van der Waals surface area contributed by atoms with E-state index in [0.717, 1.165) is 13.6 Å². The van der Waals surface area contributed by atoms with Gasteiger partial charge in [-0.05, 0) is 69.2 Å². The van der Waals surface area contributed by atoms with E-state index < -0.39 is 0 Å². The molecule has 2 amide bonds. The molecular formula is C17H16BrIN2O2. The molecule has 0 aromatic heterocycles. The Morgan fingerprint density at radius 3 is 2.57 bits per heavy atom. The largest absolute Gasteiger partial charge is 0.332 e. The molecule has 0 heterocycles. The molecule has 120 valence electrons. The van der Waals surface area contributed by atoms with E-state index in [1.54, 1.807) is 19.2 Å². The third-order valence-electron chi connectivity index (χ3n) is 3.30. The Labute approximate surface area is 157 Å². The van der Waals surface area contributed by atoms with Crippen LogP contribution in [-0.2, 0) is 4.79 Å². The second-order valence-corrected chi connectivity index (χ2v) is 7.06. The molecule has 0 aliphatic heterocycles. The van der Waals surface area contributed by atoms with Gasteiger partial charge in [0, 0.05) is 15.1 Å². The van der Waals surface area contributed by atoms with E-state index in [-0.39, 0.29) is 18.4 Å². The van der Waals surface area contributed by atoms with Crippen LogP contribution in [0, 0.1) is 10.5 Å². The van der Waals surface area contributed by atoms with Crippen molar-refractivity contribution in [3.05, 3.63) is 61.6 Å². The molecule has 0 saturated heterocycles. The molecule has 0 aliphatic rings. The summed E-state index contributed by atoms with van der Waals surface area (Å²) in [7, 11) is 1.63. The first-order valence-corrected chi connectivity index (χ1v) is 8.82. The van der Waals surface area contributed by atoms with E-state index in [0.29, 0.717) is 11.3 Å². The molecule has 0 bridgehead atoms. The third kappa shape index (κ3) is 4.54. The zero-order chi connectivity index (χ0) is 17.0. The number of rotatable bonds is 4. The van der Waals surface area contributed by atoms with Crippen LogP contribution < -0.4 is 5.32 Å². The van der Waals surface area contributed by atoms with Crippen LogP contribution in [0.4, 0.5) is 5.69 Å². The highest BCUT2D eigenvalue weighted by Crippen LogP contribution is 2.21. The van der Waals surface area contributed by atoms with Crippen LogP contribution in [0.3, 0.4) is 0 Å². The van der Waals surface area contributed by atoms with E-state index in [2.05, 4.69) is 43.8 Å². The van der Waals surface area contributed by atoms with Crippen molar-refractivity contribution in [3.63, 3.8) is 0 Å². The van der Waals surface area contributed by atoms with Gasteiger partial charge in [0.1, 0.15) is 0 Å². The van der Waals surface area contributed by atoms with Gasteiger partial charge in [-0.2, -0.15) is 0 Å². The van der Waals surface area contributed by atoms with Crippen molar-refractivity contribution in [1.82, 2.24) is 4.90 Å². The minimum atomic E-state index is -0.240. The van der Waals surface area contributed by atoms with Crippen molar-refractivity contribution < 1.29 is 9.59 Å². The van der Waals surface area contributed by atoms with Crippen molar-refractivity contribution in [2.24, 2.45) is 0 Å². The Bertz CT molecular complexity index is 749. The summed E-state index contributed by atoms with van der Waals surface area (Å²) in [6, 6.07) is 12.9. The van der Waals surface area contributed by atoms with Crippen LogP contribution in [0.25, 0.3) is 0 Å². The normalized spacial score (nSPS) is 10.3. The zero-order valence-corrected chi connectivity index (χ0v) is 16.5. The predicted molar refractivity (Wildman–Crippen MR) is 104 cm³/mol. The van der Waals surface area contributed by atoms with E-state index in [9.17, 15) is 9.59 Å². The number of likely N-dealkylation sites (N-methyl/N-ethyl adjacent to an activating group) is 1. The monoisotopic (exact) mass is 486 g/mol. The Balaban J connectivity index is 2.05. The molecule has 0 radical (unpaired) electrons. The first-order valence-electron chi connectivity index (χ1n) is 6.95. The van der Waals surface area contributed by atoms with Crippen molar-refractivity contribution in [1.29, 1.82) is 0 Å². The van der Waals surface area contributed by atoms with Gasteiger partial charge >= 0.3 is 0 Å². The van der Waals surface area contributed by atoms with Crippen LogP contribution in [-0.4, -0.2) is 30.3 Å². The summed E-state index contributed by atoms with van der Waals surface area (Å²) < 4.78 is 1.71. The molecule has 0 saturated carbocycles. The number of amides is 2. The number of hydrogen-bond donors (Lipinski definition) is 1. The third-order valence-corrected chi connectivity index (χ3v) is 5.42. The molecule has 2 aromatic rings. The van der Waals surface area contributed by atoms with Crippen LogP contribution in [0.5, 0.6) is 0 Å². The smallest absolute Gasteiger partial charge is 0.255 e. The lowest BCUT2D eigenvalue weighted by atomic mass is 10.1. The summed E-state index contributed by atoms with van der Waals surface area (Å²) in [5.41, 5.74) is 2.34. The quantitative estimate of drug-likeness (QED) is 0.662. The van der Waals surface area contributed by atoms with Gasteiger partial charge < -0.3 is 10.2 Å². The molecule has 2 aromatic carbocycles. The fraction of sp³-hybridized carbons (Fsp3) is 0.176. The van der Waals surface area contributed by atoms with E-state index >= 15 is 0 Å². The van der Waals surface area contributed by atoms with Crippen LogP contribution in [0.2, 0.25) is 0 Å². The lowest BCUT2D eigenvalue weighted by Gasteiger charge is -2.18. The van der Waals surface area contributed by atoms with Crippen LogP contribution >= 0.6 is 38.5 Å². The number of benzene rings is 2. The van der Waals surface area contributed by atoms with Gasteiger partial charge in [0.25, 0.3) is 5.91 Å². The molecule has 6 heteroatoms. The number of nitrogens with zero attached hydrogens (tertiary/aromatic N) is 1. The minimum Gasteiger partial charge on any atom is -0.332 e. The van der Waals surface area contributed by atoms with Crippen molar-refractivity contribution in [2.45, 2.75) is 6.92 Å². The Morgan fingerprint density at radius 2 is 1.87 bits per heavy atom. The minimum absolute atomic E-state index is 0.00973. The second kappa shape index (κ2) is 7.92. The average Bonchev–Trinajstić information content (AvgIpc) is 2.51. The predicted octanol–water partition coefficient (Wildman–Crippen LogP) is 4.07. The van der Waals surface area contributed by atoms with Gasteiger partial charge in [-0.1, -0.05) is 24.3 Å². The number of nitrogens with one attached hydrogen (secondary N) is 1. The van der Waals surface area contributed by atoms with Crippen LogP contribution in [0.1, 0.15) is 15.9 Å². The fourth-order valence-electron chi connectivity index (χ4n) is 2.06. The molecule has 0 unspecified atom stereocenters. The van der Waals surface area contributed by atoms with Crippen molar-refractivity contribution >= 4 is 56.0 Å². The molecule has 0 atom stereocenters. The highest BCUT2D eigenvalue weighted by molar-refractivity contribution is 14.1. The molecular weight excluding hydrogens is 471 g/mol. The van der Waals surface area contributed by atoms with Gasteiger partial charge in [0.15, 0.2) is 0 Å². The molecule has 0 fully saturated rings. The summed E-state index contributed by atoms with van der Waals surface area (Å²) in [4.78, 5) is 26.1. The first kappa shape index (κ1) is 17.9. The number of anilines is 1. The van der Waals surface area contributed by atoms with E-state index in [1.807, 2.05) is 37.3 Å². The van der Waals surface area contributed by atoms with Crippen molar-refractivity contribution in [2.75, 3.05) is 18.9 Å². The highest BCUT2D eigenvalue weighted by Gasteiger charge is 2.18. The molecule has 0 spiro atoms. The maximum absolute atomic E-state index is 12.5. The zero-order valence-electron chi connectivity index (χ0n) is 12.8. The number of carbonyl (C=O) groups excluding carboxylic acids is 2. The van der Waals surface area contributed by atoms with E-state index in [4.69, 9.17) is 0 Å². The van der Waals surface area contributed by atoms with Gasteiger partial charge in [-0.3, -0.25) is 9.59 Å². The van der Waals surface area contributed by atoms with Crippen LogP contribution in [0.15, 0.2) is 46.9 Å². The highest BCUT2D eigenvalue weighted by atomic mass is 127. The Hall–Kier alpha value is -1.41. The number of hydrogen-bond acceptors (Lipinski definition) is 2. The Kier molecular flexibility index (Phi) is 6.17. The standard InChI is InChI=1S/C17H16BrIN2O2/c1-11-6-5-7-12(16(11)19)17(23)21(2)10-15(22)20-14-9-4-3-8-13(14)18/h3-9H,10H2,1-2H3,(H,20,22). The molecule has 1 N–H and O–H groups in total. The van der Waals surface area contributed by atoms with Gasteiger partial charge in [0.2, 0.25) is 5.91 Å². The van der Waals surface area contributed by atoms with Gasteiger partial charge in [-0.15, -0.1) is 0 Å². The fourth-order valence-corrected chi connectivity index (χ4v) is 3.03. The average molecular weight is 487 g/mol. The first-order chi connectivity index (χ1) is 10.9. The summed E-state index contributed by atoms with van der Waals surface area (Å²) in [5, 5.41) is 2.79. The number of halogens is 2.